The van der Waals surface area contributed by atoms with Crippen LogP contribution in [0.2, 0.25) is 0 Å². The Morgan fingerprint density at radius 2 is 2.21 bits per heavy atom. The third-order valence-electron chi connectivity index (χ3n) is 2.07. The number of ether oxygens (including phenoxy) is 1. The van der Waals surface area contributed by atoms with Gasteiger partial charge >= 0.3 is 0 Å². The third-order valence-corrected chi connectivity index (χ3v) is 2.07. The predicted octanol–water partition coefficient (Wildman–Crippen LogP) is 2.11. The van der Waals surface area contributed by atoms with Crippen LogP contribution >= 0.6 is 0 Å². The van der Waals surface area contributed by atoms with Crippen LogP contribution in [-0.4, -0.2) is 6.61 Å². The van der Waals surface area contributed by atoms with Gasteiger partial charge in [-0.1, -0.05) is 31.0 Å². The van der Waals surface area contributed by atoms with Gasteiger partial charge in [0.05, 0.1) is 0 Å². The van der Waals surface area contributed by atoms with E-state index < -0.39 is 0 Å². The molecule has 0 aromatic heterocycles. The van der Waals surface area contributed by atoms with E-state index in [9.17, 15) is 0 Å². The van der Waals surface area contributed by atoms with Crippen molar-refractivity contribution in [3.05, 3.63) is 29.8 Å². The molecule has 1 aromatic rings. The minimum Gasteiger partial charge on any atom is -0.481 e. The zero-order valence-corrected chi connectivity index (χ0v) is 8.36. The van der Waals surface area contributed by atoms with Crippen LogP contribution in [0, 0.1) is 12.3 Å². The van der Waals surface area contributed by atoms with Gasteiger partial charge in [-0.25, -0.2) is 0 Å². The molecule has 0 radical (unpaired) electrons. The maximum absolute atomic E-state index is 5.94. The summed E-state index contributed by atoms with van der Waals surface area (Å²) in [5.74, 6) is 3.23. The van der Waals surface area contributed by atoms with Gasteiger partial charge in [-0.3, -0.25) is 0 Å². The van der Waals surface area contributed by atoms with Crippen LogP contribution in [0.5, 0.6) is 5.75 Å². The fourth-order valence-electron chi connectivity index (χ4n) is 1.26. The summed E-state index contributed by atoms with van der Waals surface area (Å²) in [6.45, 7) is 2.33. The van der Waals surface area contributed by atoms with Crippen LogP contribution in [0.3, 0.4) is 0 Å². The van der Waals surface area contributed by atoms with Crippen LogP contribution in [0.1, 0.15) is 24.9 Å². The van der Waals surface area contributed by atoms with Gasteiger partial charge in [-0.2, -0.15) is 0 Å². The summed E-state index contributed by atoms with van der Waals surface area (Å²) in [5.41, 5.74) is 6.95. The highest BCUT2D eigenvalue weighted by molar-refractivity contribution is 5.35. The van der Waals surface area contributed by atoms with Crippen molar-refractivity contribution in [2.75, 3.05) is 6.61 Å². The van der Waals surface area contributed by atoms with E-state index in [-0.39, 0.29) is 12.6 Å². The summed E-state index contributed by atoms with van der Waals surface area (Å²) >= 11 is 0. The Morgan fingerprint density at radius 1 is 1.50 bits per heavy atom. The first-order valence-electron chi connectivity index (χ1n) is 4.70. The number of para-hydroxylation sites is 1. The van der Waals surface area contributed by atoms with Crippen molar-refractivity contribution in [1.29, 1.82) is 0 Å². The second-order valence-corrected chi connectivity index (χ2v) is 3.05. The lowest BCUT2D eigenvalue weighted by Gasteiger charge is -2.14. The molecular weight excluding hydrogens is 174 g/mol. The number of hydrogen-bond acceptors (Lipinski definition) is 2. The summed E-state index contributed by atoms with van der Waals surface area (Å²) in [6, 6.07) is 7.75. The second-order valence-electron chi connectivity index (χ2n) is 3.05. The fraction of sp³-hybridized carbons (Fsp3) is 0.333. The van der Waals surface area contributed by atoms with E-state index in [0.717, 1.165) is 17.7 Å². The summed E-state index contributed by atoms with van der Waals surface area (Å²) in [7, 11) is 0. The van der Waals surface area contributed by atoms with Crippen molar-refractivity contribution in [3.8, 4) is 18.1 Å². The Kier molecular flexibility index (Phi) is 4.03. The number of rotatable bonds is 4. The zero-order chi connectivity index (χ0) is 10.4. The molecule has 14 heavy (non-hydrogen) atoms. The maximum Gasteiger partial charge on any atom is 0.148 e. The highest BCUT2D eigenvalue weighted by Gasteiger charge is 2.08. The Balaban J connectivity index is 2.86. The van der Waals surface area contributed by atoms with E-state index in [4.69, 9.17) is 16.9 Å². The van der Waals surface area contributed by atoms with Crippen LogP contribution in [0.4, 0.5) is 0 Å². The molecule has 1 rings (SSSR count). The normalized spacial score (nSPS) is 11.8. The van der Waals surface area contributed by atoms with Crippen LogP contribution in [0.25, 0.3) is 0 Å². The van der Waals surface area contributed by atoms with Gasteiger partial charge in [-0.15, -0.1) is 6.42 Å². The molecule has 0 amide bonds. The van der Waals surface area contributed by atoms with E-state index in [1.54, 1.807) is 0 Å². The molecule has 0 aliphatic rings. The quantitative estimate of drug-likeness (QED) is 0.736. The molecule has 0 bridgehead atoms. The van der Waals surface area contributed by atoms with Gasteiger partial charge < -0.3 is 10.5 Å². The van der Waals surface area contributed by atoms with Gasteiger partial charge in [0.1, 0.15) is 12.4 Å². The lowest BCUT2D eigenvalue weighted by molar-refractivity contribution is 0.363. The van der Waals surface area contributed by atoms with Crippen LogP contribution in [-0.2, 0) is 0 Å². The first-order chi connectivity index (χ1) is 6.79. The summed E-state index contributed by atoms with van der Waals surface area (Å²) in [6.07, 6.45) is 6.01. The minimum atomic E-state index is 0.0176. The molecule has 2 heteroatoms. The molecule has 1 unspecified atom stereocenters. The van der Waals surface area contributed by atoms with Crippen LogP contribution in [0.15, 0.2) is 24.3 Å². The van der Waals surface area contributed by atoms with Gasteiger partial charge in [0.25, 0.3) is 0 Å². The molecule has 0 saturated heterocycles. The monoisotopic (exact) mass is 189 g/mol. The largest absolute Gasteiger partial charge is 0.481 e. The zero-order valence-electron chi connectivity index (χ0n) is 8.36. The molecule has 2 nitrogen and oxygen atoms in total. The van der Waals surface area contributed by atoms with Gasteiger partial charge in [-0.05, 0) is 12.5 Å². The molecule has 2 N–H and O–H groups in total. The minimum absolute atomic E-state index is 0.0176. The molecular formula is C12H15NO. The highest BCUT2D eigenvalue weighted by Crippen LogP contribution is 2.24. The summed E-state index contributed by atoms with van der Waals surface area (Å²) in [5, 5.41) is 0. The van der Waals surface area contributed by atoms with Crippen molar-refractivity contribution >= 4 is 0 Å². The molecule has 74 valence electrons. The van der Waals surface area contributed by atoms with E-state index >= 15 is 0 Å². The van der Waals surface area contributed by atoms with Crippen molar-refractivity contribution < 1.29 is 4.74 Å². The molecule has 0 saturated carbocycles. The van der Waals surface area contributed by atoms with Crippen molar-refractivity contribution in [2.45, 2.75) is 19.4 Å². The van der Waals surface area contributed by atoms with Crippen molar-refractivity contribution in [3.63, 3.8) is 0 Å². The molecule has 0 aliphatic heterocycles. The second kappa shape index (κ2) is 5.31. The molecule has 0 fully saturated rings. The van der Waals surface area contributed by atoms with E-state index in [0.29, 0.717) is 0 Å². The van der Waals surface area contributed by atoms with Crippen molar-refractivity contribution in [2.24, 2.45) is 5.73 Å². The van der Waals surface area contributed by atoms with E-state index in [1.165, 1.54) is 0 Å². The van der Waals surface area contributed by atoms with E-state index in [1.807, 2.05) is 31.2 Å². The fourth-order valence-corrected chi connectivity index (χ4v) is 1.26. The van der Waals surface area contributed by atoms with Gasteiger partial charge in [0.2, 0.25) is 0 Å². The Morgan fingerprint density at radius 3 is 2.86 bits per heavy atom. The molecule has 0 spiro atoms. The maximum atomic E-state index is 5.94. The topological polar surface area (TPSA) is 35.2 Å². The lowest BCUT2D eigenvalue weighted by Crippen LogP contribution is -2.10. The molecule has 1 aromatic carbocycles. The Bertz CT molecular complexity index is 327. The number of benzene rings is 1. The SMILES string of the molecule is C#CCOc1ccccc1C(N)CC. The molecule has 0 heterocycles. The Hall–Kier alpha value is -1.46. The van der Waals surface area contributed by atoms with Gasteiger partial charge in [0.15, 0.2) is 0 Å². The summed E-state index contributed by atoms with van der Waals surface area (Å²) < 4.78 is 5.39. The Labute approximate surface area is 85.1 Å². The molecule has 1 atom stereocenters. The standard InChI is InChI=1S/C12H15NO/c1-3-9-14-12-8-6-5-7-10(12)11(13)4-2/h1,5-8,11H,4,9,13H2,2H3. The summed E-state index contributed by atoms with van der Waals surface area (Å²) in [4.78, 5) is 0. The number of terminal acetylenes is 1. The highest BCUT2D eigenvalue weighted by atomic mass is 16.5. The first-order valence-corrected chi connectivity index (χ1v) is 4.70. The van der Waals surface area contributed by atoms with Crippen LogP contribution < -0.4 is 10.5 Å². The average Bonchev–Trinajstić information content (AvgIpc) is 2.25. The molecule has 0 aliphatic carbocycles. The van der Waals surface area contributed by atoms with Gasteiger partial charge in [0, 0.05) is 11.6 Å². The third kappa shape index (κ3) is 2.51. The average molecular weight is 189 g/mol. The smallest absolute Gasteiger partial charge is 0.148 e. The van der Waals surface area contributed by atoms with E-state index in [2.05, 4.69) is 5.92 Å². The number of hydrogen-bond donors (Lipinski definition) is 1. The predicted molar refractivity (Wildman–Crippen MR) is 58.0 cm³/mol. The van der Waals surface area contributed by atoms with Crippen molar-refractivity contribution in [1.82, 2.24) is 0 Å². The number of nitrogens with two attached hydrogens (primary N) is 1. The first kappa shape index (κ1) is 10.6. The lowest BCUT2D eigenvalue weighted by atomic mass is 10.0.